The van der Waals surface area contributed by atoms with Gasteiger partial charge in [-0.15, -0.1) is 22.7 Å². The van der Waals surface area contributed by atoms with Crippen LogP contribution in [-0.2, 0) is 0 Å². The van der Waals surface area contributed by atoms with Crippen LogP contribution >= 0.6 is 22.7 Å². The lowest BCUT2D eigenvalue weighted by Gasteiger charge is -2.24. The second-order valence-corrected chi connectivity index (χ2v) is 15.1. The maximum atomic E-state index is 6.80. The van der Waals surface area contributed by atoms with Gasteiger partial charge in [0.1, 0.15) is 23.2 Å². The maximum absolute atomic E-state index is 6.80. The van der Waals surface area contributed by atoms with Gasteiger partial charge in [0.25, 0.3) is 0 Å². The summed E-state index contributed by atoms with van der Waals surface area (Å²) in [4.78, 5) is 10.5. The third-order valence-corrected chi connectivity index (χ3v) is 12.3. The number of thiophene rings is 2. The molecule has 7 aromatic carbocycles. The number of nitrogens with one attached hydrogen (secondary N) is 1. The van der Waals surface area contributed by atoms with Crippen LogP contribution in [0.25, 0.3) is 73.4 Å². The molecule has 1 N–H and O–H groups in total. The van der Waals surface area contributed by atoms with Gasteiger partial charge in [0.2, 0.25) is 0 Å². The first-order valence-corrected chi connectivity index (χ1v) is 18.6. The molecular weight excluding hydrogens is 663 g/mol. The molecule has 0 fully saturated rings. The van der Waals surface area contributed by atoms with Crippen LogP contribution in [0.2, 0.25) is 0 Å². The first-order valence-electron chi connectivity index (χ1n) is 17.0. The van der Waals surface area contributed by atoms with E-state index < -0.39 is 0 Å². The van der Waals surface area contributed by atoms with Gasteiger partial charge in [-0.2, -0.15) is 0 Å². The summed E-state index contributed by atoms with van der Waals surface area (Å²) in [5, 5.41) is 10.8. The summed E-state index contributed by atoms with van der Waals surface area (Å²) in [6, 6.07) is 53.6. The van der Waals surface area contributed by atoms with Crippen LogP contribution in [0.5, 0.6) is 0 Å². The largest absolute Gasteiger partial charge is 0.455 e. The zero-order chi connectivity index (χ0) is 33.5. The standard InChI is InChI=1S/C45H27N3OS2/c1-2-11-26(12-3-1)43-46-44(27-23-24-38-34(25-27)28-13-4-6-20-36(28)50-38)48-45(47-43)33-18-9-19-35-40(33)32-17-8-16-30(42(32)49-35)29-15-10-22-39-41(29)31-14-5-7-21-37(31)51-39/h1-25,44H,(H,46,47,48). The predicted molar refractivity (Wildman–Crippen MR) is 217 cm³/mol. The van der Waals surface area contributed by atoms with Gasteiger partial charge in [-0.25, -0.2) is 9.98 Å². The predicted octanol–water partition coefficient (Wildman–Crippen LogP) is 12.5. The molecule has 0 saturated heterocycles. The van der Waals surface area contributed by atoms with Crippen molar-refractivity contribution in [2.45, 2.75) is 6.17 Å². The quantitative estimate of drug-likeness (QED) is 0.200. The van der Waals surface area contributed by atoms with Gasteiger partial charge in [-0.05, 0) is 47.5 Å². The SMILES string of the molecule is c1ccc(C2=NC(c3cccc4oc5c(-c6cccc7sc8ccccc8c67)cccc5c34)=NC(c3ccc4sc5ccccc5c4c3)N2)cc1. The van der Waals surface area contributed by atoms with E-state index in [1.165, 1.54) is 45.9 Å². The van der Waals surface area contributed by atoms with Crippen molar-refractivity contribution >= 4 is 96.6 Å². The zero-order valence-corrected chi connectivity index (χ0v) is 28.8. The van der Waals surface area contributed by atoms with Gasteiger partial charge >= 0.3 is 0 Å². The second-order valence-electron chi connectivity index (χ2n) is 12.9. The molecule has 10 aromatic rings. The van der Waals surface area contributed by atoms with Crippen molar-refractivity contribution in [2.75, 3.05) is 0 Å². The van der Waals surface area contributed by atoms with Crippen LogP contribution in [-0.4, -0.2) is 11.7 Å². The summed E-state index contributed by atoms with van der Waals surface area (Å²) in [6.45, 7) is 0. The van der Waals surface area contributed by atoms with Gasteiger partial charge in [0, 0.05) is 67.8 Å². The molecule has 4 heterocycles. The molecule has 0 amide bonds. The topological polar surface area (TPSA) is 49.9 Å². The zero-order valence-electron chi connectivity index (χ0n) is 27.1. The number of rotatable bonds is 4. The van der Waals surface area contributed by atoms with Crippen LogP contribution in [0, 0.1) is 0 Å². The van der Waals surface area contributed by atoms with Crippen molar-refractivity contribution < 1.29 is 4.42 Å². The Kier molecular flexibility index (Phi) is 6.32. The van der Waals surface area contributed by atoms with Crippen LogP contribution in [0.15, 0.2) is 166 Å². The van der Waals surface area contributed by atoms with Gasteiger partial charge in [-0.3, -0.25) is 0 Å². The number of aliphatic imine (C=N–C) groups is 2. The number of fused-ring (bicyclic) bond motifs is 9. The van der Waals surface area contributed by atoms with E-state index >= 15 is 0 Å². The van der Waals surface area contributed by atoms with E-state index in [-0.39, 0.29) is 6.17 Å². The highest BCUT2D eigenvalue weighted by Gasteiger charge is 2.25. The number of hydrogen-bond donors (Lipinski definition) is 1. The molecule has 1 aliphatic rings. The van der Waals surface area contributed by atoms with E-state index in [2.05, 4.69) is 133 Å². The summed E-state index contributed by atoms with van der Waals surface area (Å²) < 4.78 is 11.9. The van der Waals surface area contributed by atoms with Crippen molar-refractivity contribution in [2.24, 2.45) is 9.98 Å². The van der Waals surface area contributed by atoms with Gasteiger partial charge < -0.3 is 9.73 Å². The van der Waals surface area contributed by atoms with Gasteiger partial charge in [0.05, 0.1) is 0 Å². The Morgan fingerprint density at radius 3 is 2.08 bits per heavy atom. The van der Waals surface area contributed by atoms with E-state index in [1.807, 2.05) is 46.9 Å². The van der Waals surface area contributed by atoms with Crippen molar-refractivity contribution in [1.82, 2.24) is 5.32 Å². The average Bonchev–Trinajstić information content (AvgIpc) is 3.89. The monoisotopic (exact) mass is 689 g/mol. The Labute approximate surface area is 300 Å². The molecule has 0 saturated carbocycles. The summed E-state index contributed by atoms with van der Waals surface area (Å²) in [6.07, 6.45) is -0.329. The Bertz CT molecular complexity index is 3070. The molecule has 3 aromatic heterocycles. The Hall–Kier alpha value is -6.08. The third kappa shape index (κ3) is 4.50. The molecule has 0 aliphatic carbocycles. The second kappa shape index (κ2) is 11.2. The lowest BCUT2D eigenvalue weighted by Crippen LogP contribution is -2.33. The highest BCUT2D eigenvalue weighted by molar-refractivity contribution is 7.26. The van der Waals surface area contributed by atoms with Crippen LogP contribution in [0.3, 0.4) is 0 Å². The molecule has 0 radical (unpaired) electrons. The van der Waals surface area contributed by atoms with E-state index in [1.54, 1.807) is 0 Å². The Morgan fingerprint density at radius 1 is 0.510 bits per heavy atom. The third-order valence-electron chi connectivity index (χ3n) is 9.96. The molecule has 6 heteroatoms. The Morgan fingerprint density at radius 2 is 1.18 bits per heavy atom. The first-order chi connectivity index (χ1) is 25.3. The fourth-order valence-electron chi connectivity index (χ4n) is 7.64. The number of amidine groups is 2. The molecule has 11 rings (SSSR count). The number of para-hydroxylation sites is 1. The smallest absolute Gasteiger partial charge is 0.160 e. The number of benzene rings is 7. The molecule has 1 aliphatic heterocycles. The average molecular weight is 690 g/mol. The molecular formula is C45H27N3OS2. The Balaban J connectivity index is 1.12. The molecule has 1 atom stereocenters. The van der Waals surface area contributed by atoms with E-state index in [0.29, 0.717) is 5.84 Å². The minimum Gasteiger partial charge on any atom is -0.455 e. The lowest BCUT2D eigenvalue weighted by atomic mass is 9.96. The van der Waals surface area contributed by atoms with Gasteiger partial charge in [0.15, 0.2) is 5.84 Å². The van der Waals surface area contributed by atoms with E-state index in [4.69, 9.17) is 14.4 Å². The highest BCUT2D eigenvalue weighted by Crippen LogP contribution is 2.44. The van der Waals surface area contributed by atoms with Crippen molar-refractivity contribution in [3.8, 4) is 11.1 Å². The van der Waals surface area contributed by atoms with Crippen molar-refractivity contribution in [3.63, 3.8) is 0 Å². The highest BCUT2D eigenvalue weighted by atomic mass is 32.1. The lowest BCUT2D eigenvalue weighted by molar-refractivity contribution is 0.669. The van der Waals surface area contributed by atoms with Crippen LogP contribution in [0.1, 0.15) is 22.9 Å². The summed E-state index contributed by atoms with van der Waals surface area (Å²) in [5.74, 6) is 1.47. The molecule has 1 unspecified atom stereocenters. The molecule has 51 heavy (non-hydrogen) atoms. The summed E-state index contributed by atoms with van der Waals surface area (Å²) in [7, 11) is 0. The van der Waals surface area contributed by atoms with E-state index in [9.17, 15) is 0 Å². The number of hydrogen-bond acceptors (Lipinski definition) is 6. The summed E-state index contributed by atoms with van der Waals surface area (Å²) in [5.41, 5.74) is 7.00. The molecule has 4 nitrogen and oxygen atoms in total. The minimum absolute atomic E-state index is 0.329. The van der Waals surface area contributed by atoms with Crippen LogP contribution < -0.4 is 5.32 Å². The fourth-order valence-corrected chi connectivity index (χ4v) is 9.86. The molecule has 0 spiro atoms. The normalized spacial score (nSPS) is 14.9. The maximum Gasteiger partial charge on any atom is 0.160 e. The van der Waals surface area contributed by atoms with Crippen LogP contribution in [0.4, 0.5) is 0 Å². The molecule has 240 valence electrons. The van der Waals surface area contributed by atoms with E-state index in [0.717, 1.165) is 50.0 Å². The van der Waals surface area contributed by atoms with Crippen molar-refractivity contribution in [3.05, 3.63) is 168 Å². The number of nitrogens with zero attached hydrogens (tertiary/aromatic N) is 2. The number of furan rings is 1. The molecule has 0 bridgehead atoms. The first kappa shape index (κ1) is 28.7. The van der Waals surface area contributed by atoms with Crippen molar-refractivity contribution in [1.29, 1.82) is 0 Å². The summed E-state index contributed by atoms with van der Waals surface area (Å²) >= 11 is 3.66. The fraction of sp³-hybridized carbons (Fsp3) is 0.0222. The van der Waals surface area contributed by atoms with Gasteiger partial charge in [-0.1, -0.05) is 115 Å². The minimum atomic E-state index is -0.329.